The normalized spacial score (nSPS) is 11.3. The zero-order chi connectivity index (χ0) is 27.0. The molecule has 3 aromatic carbocycles. The van der Waals surface area contributed by atoms with Crippen LogP contribution in [-0.2, 0) is 11.2 Å². The van der Waals surface area contributed by atoms with Crippen LogP contribution in [-0.4, -0.2) is 28.5 Å². The van der Waals surface area contributed by atoms with Gasteiger partial charge in [-0.25, -0.2) is 4.98 Å². The largest absolute Gasteiger partial charge is 0.383 e. The molecule has 0 aliphatic rings. The van der Waals surface area contributed by atoms with E-state index in [0.717, 1.165) is 38.9 Å². The van der Waals surface area contributed by atoms with Gasteiger partial charge in [-0.2, -0.15) is 0 Å². The van der Waals surface area contributed by atoms with Gasteiger partial charge in [0.05, 0.1) is 23.0 Å². The predicted molar refractivity (Wildman–Crippen MR) is 159 cm³/mol. The van der Waals surface area contributed by atoms with Gasteiger partial charge in [-0.05, 0) is 81.5 Å². The molecule has 0 radical (unpaired) electrons. The van der Waals surface area contributed by atoms with E-state index < -0.39 is 0 Å². The van der Waals surface area contributed by atoms with Gasteiger partial charge in [0.25, 0.3) is 0 Å². The van der Waals surface area contributed by atoms with Crippen LogP contribution >= 0.6 is 0 Å². The van der Waals surface area contributed by atoms with E-state index in [1.165, 1.54) is 33.5 Å². The number of anilines is 1. The first-order valence-electron chi connectivity index (χ1n) is 13.3. The molecule has 0 aliphatic carbocycles. The maximum atomic E-state index is 12.6. The number of amides is 1. The second kappa shape index (κ2) is 10.3. The Balaban J connectivity index is 1.43. The van der Waals surface area contributed by atoms with Gasteiger partial charge >= 0.3 is 0 Å². The van der Waals surface area contributed by atoms with Crippen LogP contribution in [0.4, 0.5) is 5.69 Å². The van der Waals surface area contributed by atoms with Crippen molar-refractivity contribution >= 4 is 33.5 Å². The fraction of sp³-hybridized carbons (Fsp3) is 0.273. The number of aryl methyl sites for hydroxylation is 6. The van der Waals surface area contributed by atoms with Crippen LogP contribution in [0.1, 0.15) is 39.1 Å². The summed E-state index contributed by atoms with van der Waals surface area (Å²) in [5, 5.41) is 8.92. The van der Waals surface area contributed by atoms with Crippen molar-refractivity contribution in [1.29, 1.82) is 0 Å². The number of fused-ring (bicyclic) bond motifs is 3. The van der Waals surface area contributed by atoms with Crippen molar-refractivity contribution < 1.29 is 4.79 Å². The molecule has 5 aromatic rings. The molecule has 5 rings (SSSR count). The second-order valence-corrected chi connectivity index (χ2v) is 10.5. The van der Waals surface area contributed by atoms with E-state index in [9.17, 15) is 4.79 Å². The van der Waals surface area contributed by atoms with Crippen molar-refractivity contribution in [2.45, 2.75) is 48.0 Å². The molecule has 0 atom stereocenters. The molecule has 0 fully saturated rings. The van der Waals surface area contributed by atoms with Crippen LogP contribution < -0.4 is 10.6 Å². The van der Waals surface area contributed by atoms with Crippen molar-refractivity contribution in [2.24, 2.45) is 0 Å². The summed E-state index contributed by atoms with van der Waals surface area (Å²) in [7, 11) is 0. The first kappa shape index (κ1) is 25.5. The Labute approximate surface area is 224 Å². The number of pyridine rings is 1. The number of nitrogens with one attached hydrogen (secondary N) is 2. The molecule has 0 unspecified atom stereocenters. The van der Waals surface area contributed by atoms with Crippen LogP contribution in [0.2, 0.25) is 0 Å². The zero-order valence-electron chi connectivity index (χ0n) is 23.2. The molecule has 0 bridgehead atoms. The van der Waals surface area contributed by atoms with Gasteiger partial charge in [-0.3, -0.25) is 9.36 Å². The minimum atomic E-state index is 0.0352. The van der Waals surface area contributed by atoms with Gasteiger partial charge in [0.15, 0.2) is 0 Å². The molecule has 5 heteroatoms. The highest BCUT2D eigenvalue weighted by Gasteiger charge is 2.19. The highest BCUT2D eigenvalue weighted by Crippen LogP contribution is 2.37. The number of hydrogen-bond donors (Lipinski definition) is 2. The summed E-state index contributed by atoms with van der Waals surface area (Å²) in [6.07, 6.45) is 0.391. The number of para-hydroxylation sites is 1. The van der Waals surface area contributed by atoms with Crippen LogP contribution in [0, 0.1) is 41.5 Å². The summed E-state index contributed by atoms with van der Waals surface area (Å²) in [6.45, 7) is 13.9. The van der Waals surface area contributed by atoms with Gasteiger partial charge in [-0.1, -0.05) is 54.1 Å². The number of nitrogens with zero attached hydrogens (tertiary/aromatic N) is 2. The first-order valence-corrected chi connectivity index (χ1v) is 13.3. The molecule has 2 aromatic heterocycles. The fourth-order valence-corrected chi connectivity index (χ4v) is 5.53. The average Bonchev–Trinajstić information content (AvgIpc) is 3.17. The lowest BCUT2D eigenvalue weighted by molar-refractivity contribution is -0.120. The topological polar surface area (TPSA) is 59.0 Å². The number of hydrogen-bond acceptors (Lipinski definition) is 3. The quantitative estimate of drug-likeness (QED) is 0.240. The molecular formula is C33H36N4O. The van der Waals surface area contributed by atoms with Gasteiger partial charge < -0.3 is 10.6 Å². The monoisotopic (exact) mass is 504 g/mol. The summed E-state index contributed by atoms with van der Waals surface area (Å²) < 4.78 is 2.30. The Bertz CT molecular complexity index is 1660. The molecule has 0 saturated carbocycles. The van der Waals surface area contributed by atoms with Crippen LogP contribution in [0.5, 0.6) is 0 Å². The van der Waals surface area contributed by atoms with Crippen molar-refractivity contribution in [3.8, 4) is 5.69 Å². The number of benzene rings is 3. The standard InChI is InChI=1S/C33H36N4O/c1-20-15-23(4)32(24(5)16-20)37-29-10-8-7-9-27(29)31-28(18-25(6)36-33(31)37)34-13-14-35-30(38)19-26-12-11-21(2)22(3)17-26/h7-12,15-18H,13-14,19H2,1-6H3,(H,34,36)(H,35,38). The zero-order valence-corrected chi connectivity index (χ0v) is 23.2. The summed E-state index contributed by atoms with van der Waals surface area (Å²) in [6, 6.07) is 21.3. The van der Waals surface area contributed by atoms with Gasteiger partial charge in [0.2, 0.25) is 5.91 Å². The Kier molecular flexibility index (Phi) is 6.94. The van der Waals surface area contributed by atoms with Crippen LogP contribution in [0.25, 0.3) is 27.6 Å². The van der Waals surface area contributed by atoms with Crippen molar-refractivity contribution in [2.75, 3.05) is 18.4 Å². The van der Waals surface area contributed by atoms with E-state index in [2.05, 4.69) is 104 Å². The van der Waals surface area contributed by atoms with E-state index in [-0.39, 0.29) is 5.91 Å². The molecular weight excluding hydrogens is 468 g/mol. The number of aromatic nitrogens is 2. The van der Waals surface area contributed by atoms with Gasteiger partial charge in [-0.15, -0.1) is 0 Å². The maximum absolute atomic E-state index is 12.6. The van der Waals surface area contributed by atoms with Crippen LogP contribution in [0.15, 0.2) is 60.7 Å². The van der Waals surface area contributed by atoms with Gasteiger partial charge in [0, 0.05) is 29.9 Å². The highest BCUT2D eigenvalue weighted by molar-refractivity contribution is 6.13. The van der Waals surface area contributed by atoms with E-state index in [0.29, 0.717) is 19.5 Å². The highest BCUT2D eigenvalue weighted by atomic mass is 16.1. The predicted octanol–water partition coefficient (Wildman–Crippen LogP) is 6.80. The lowest BCUT2D eigenvalue weighted by Gasteiger charge is -2.15. The molecule has 0 saturated heterocycles. The lowest BCUT2D eigenvalue weighted by atomic mass is 10.0. The van der Waals surface area contributed by atoms with Gasteiger partial charge in [0.1, 0.15) is 5.65 Å². The third-order valence-electron chi connectivity index (χ3n) is 7.31. The molecule has 0 spiro atoms. The third kappa shape index (κ3) is 4.89. The average molecular weight is 505 g/mol. The van der Waals surface area contributed by atoms with E-state index in [4.69, 9.17) is 4.98 Å². The minimum absolute atomic E-state index is 0.0352. The molecule has 2 N–H and O–H groups in total. The Morgan fingerprint density at radius 3 is 2.29 bits per heavy atom. The van der Waals surface area contributed by atoms with E-state index in [1.807, 2.05) is 13.0 Å². The fourth-order valence-electron chi connectivity index (χ4n) is 5.53. The molecule has 2 heterocycles. The summed E-state index contributed by atoms with van der Waals surface area (Å²) >= 11 is 0. The number of carbonyl (C=O) groups excluding carboxylic acids is 1. The Morgan fingerprint density at radius 1 is 0.816 bits per heavy atom. The second-order valence-electron chi connectivity index (χ2n) is 10.5. The Morgan fingerprint density at radius 2 is 1.55 bits per heavy atom. The van der Waals surface area contributed by atoms with Crippen molar-refractivity contribution in [1.82, 2.24) is 14.9 Å². The maximum Gasteiger partial charge on any atom is 0.224 e. The third-order valence-corrected chi connectivity index (χ3v) is 7.31. The molecule has 5 nitrogen and oxygen atoms in total. The van der Waals surface area contributed by atoms with Crippen molar-refractivity contribution in [3.63, 3.8) is 0 Å². The molecule has 1 amide bonds. The molecule has 38 heavy (non-hydrogen) atoms. The Hall–Kier alpha value is -4.12. The smallest absolute Gasteiger partial charge is 0.224 e. The summed E-state index contributed by atoms with van der Waals surface area (Å²) in [4.78, 5) is 17.6. The van der Waals surface area contributed by atoms with Crippen LogP contribution in [0.3, 0.4) is 0 Å². The summed E-state index contributed by atoms with van der Waals surface area (Å²) in [5.74, 6) is 0.0352. The minimum Gasteiger partial charge on any atom is -0.383 e. The molecule has 0 aliphatic heterocycles. The lowest BCUT2D eigenvalue weighted by Crippen LogP contribution is -2.30. The SMILES string of the molecule is Cc1cc(C)c(-n2c3ccccc3c3c(NCCNC(=O)Cc4ccc(C)c(C)c4)cc(C)nc32)c(C)c1. The van der Waals surface area contributed by atoms with E-state index >= 15 is 0 Å². The van der Waals surface area contributed by atoms with E-state index in [1.54, 1.807) is 0 Å². The van der Waals surface area contributed by atoms with Crippen molar-refractivity contribution in [3.05, 3.63) is 99.7 Å². The number of rotatable bonds is 7. The first-order chi connectivity index (χ1) is 18.2. The number of carbonyl (C=O) groups is 1. The summed E-state index contributed by atoms with van der Waals surface area (Å²) in [5.41, 5.74) is 12.5. The molecule has 194 valence electrons.